The molecule has 1 heterocycles. The summed E-state index contributed by atoms with van der Waals surface area (Å²) in [6.45, 7) is 0.199. The number of ether oxygens (including phenoxy) is 2. The first-order chi connectivity index (χ1) is 16.2. The van der Waals surface area contributed by atoms with Gasteiger partial charge in [0, 0.05) is 10.6 Å². The monoisotopic (exact) mass is 462 g/mol. The number of nitrogens with one attached hydrogen (secondary N) is 1. The van der Waals surface area contributed by atoms with Crippen molar-refractivity contribution >= 4 is 23.7 Å². The largest absolute Gasteiger partial charge is 0.488 e. The SMILES string of the molecule is O=C(COc1ccc(-n2cnnn2)cc1)N/N=C\c1ccccc1OCc1ccc(Cl)cc1. The van der Waals surface area contributed by atoms with Crippen LogP contribution in [0.1, 0.15) is 11.1 Å². The van der Waals surface area contributed by atoms with Crippen LogP contribution in [-0.4, -0.2) is 38.9 Å². The molecule has 0 spiro atoms. The summed E-state index contributed by atoms with van der Waals surface area (Å²) < 4.78 is 12.9. The zero-order valence-corrected chi connectivity index (χ0v) is 18.1. The fourth-order valence-electron chi connectivity index (χ4n) is 2.79. The van der Waals surface area contributed by atoms with Crippen molar-refractivity contribution in [3.8, 4) is 17.2 Å². The minimum atomic E-state index is -0.393. The standard InChI is InChI=1S/C23H19ClN6O3/c24-19-7-5-17(6-8-19)14-33-22-4-2-1-3-18(22)13-25-27-23(31)15-32-21-11-9-20(10-12-21)30-16-26-28-29-30/h1-13,16H,14-15H2,(H,27,31)/b25-13-. The van der Waals surface area contributed by atoms with Crippen molar-refractivity contribution in [3.05, 3.63) is 95.3 Å². The highest BCUT2D eigenvalue weighted by atomic mass is 35.5. The van der Waals surface area contributed by atoms with Crippen molar-refractivity contribution in [2.45, 2.75) is 6.61 Å². The molecule has 166 valence electrons. The third kappa shape index (κ3) is 6.37. The molecule has 0 saturated carbocycles. The molecule has 0 aliphatic rings. The first-order valence-electron chi connectivity index (χ1n) is 9.92. The summed E-state index contributed by atoms with van der Waals surface area (Å²) in [4.78, 5) is 12.1. The topological polar surface area (TPSA) is 104 Å². The van der Waals surface area contributed by atoms with Gasteiger partial charge >= 0.3 is 0 Å². The lowest BCUT2D eigenvalue weighted by Gasteiger charge is -2.09. The van der Waals surface area contributed by atoms with Crippen LogP contribution >= 0.6 is 11.6 Å². The van der Waals surface area contributed by atoms with Crippen molar-refractivity contribution in [3.63, 3.8) is 0 Å². The first-order valence-corrected chi connectivity index (χ1v) is 10.3. The third-order valence-electron chi connectivity index (χ3n) is 4.44. The molecule has 3 aromatic carbocycles. The number of amides is 1. The van der Waals surface area contributed by atoms with Gasteiger partial charge in [0.2, 0.25) is 0 Å². The maximum Gasteiger partial charge on any atom is 0.277 e. The van der Waals surface area contributed by atoms with E-state index in [-0.39, 0.29) is 6.61 Å². The van der Waals surface area contributed by atoms with E-state index < -0.39 is 5.91 Å². The minimum Gasteiger partial charge on any atom is -0.488 e. The van der Waals surface area contributed by atoms with Gasteiger partial charge < -0.3 is 9.47 Å². The summed E-state index contributed by atoms with van der Waals surface area (Å²) >= 11 is 5.91. The van der Waals surface area contributed by atoms with Gasteiger partial charge in [-0.3, -0.25) is 4.79 Å². The molecule has 4 aromatic rings. The predicted molar refractivity (Wildman–Crippen MR) is 123 cm³/mol. The second-order valence-electron chi connectivity index (χ2n) is 6.78. The third-order valence-corrected chi connectivity index (χ3v) is 4.69. The molecule has 0 radical (unpaired) electrons. The molecule has 0 unspecified atom stereocenters. The maximum absolute atomic E-state index is 12.1. The molecular formula is C23H19ClN6O3. The summed E-state index contributed by atoms with van der Waals surface area (Å²) in [5.74, 6) is 0.784. The van der Waals surface area contributed by atoms with Gasteiger partial charge in [0.05, 0.1) is 11.9 Å². The second-order valence-corrected chi connectivity index (χ2v) is 7.22. The van der Waals surface area contributed by atoms with E-state index in [2.05, 4.69) is 26.1 Å². The highest BCUT2D eigenvalue weighted by Gasteiger charge is 2.05. The van der Waals surface area contributed by atoms with E-state index in [0.717, 1.165) is 16.8 Å². The minimum absolute atomic E-state index is 0.184. The molecule has 0 bridgehead atoms. The fourth-order valence-corrected chi connectivity index (χ4v) is 2.92. The molecule has 4 rings (SSSR count). The van der Waals surface area contributed by atoms with E-state index in [1.165, 1.54) is 17.2 Å². The van der Waals surface area contributed by atoms with Gasteiger partial charge in [-0.1, -0.05) is 35.9 Å². The molecule has 10 heteroatoms. The van der Waals surface area contributed by atoms with Gasteiger partial charge in [-0.05, 0) is 64.5 Å². The highest BCUT2D eigenvalue weighted by Crippen LogP contribution is 2.18. The molecule has 1 aromatic heterocycles. The van der Waals surface area contributed by atoms with Crippen LogP contribution in [0.25, 0.3) is 5.69 Å². The van der Waals surface area contributed by atoms with Crippen LogP contribution in [-0.2, 0) is 11.4 Å². The van der Waals surface area contributed by atoms with Crippen molar-refractivity contribution < 1.29 is 14.3 Å². The molecule has 9 nitrogen and oxygen atoms in total. The Hall–Kier alpha value is -4.24. The normalized spacial score (nSPS) is 10.8. The average Bonchev–Trinajstić information content (AvgIpc) is 3.39. The molecular weight excluding hydrogens is 444 g/mol. The highest BCUT2D eigenvalue weighted by molar-refractivity contribution is 6.30. The number of carbonyl (C=O) groups is 1. The predicted octanol–water partition coefficient (Wildman–Crippen LogP) is 3.42. The Bertz CT molecular complexity index is 1210. The van der Waals surface area contributed by atoms with Crippen molar-refractivity contribution in [1.29, 1.82) is 0 Å². The number of hydrogen-bond acceptors (Lipinski definition) is 7. The Morgan fingerprint density at radius 3 is 2.58 bits per heavy atom. The van der Waals surface area contributed by atoms with E-state index in [0.29, 0.717) is 23.1 Å². The average molecular weight is 463 g/mol. The number of benzene rings is 3. The smallest absolute Gasteiger partial charge is 0.277 e. The molecule has 0 atom stereocenters. The van der Waals surface area contributed by atoms with Crippen LogP contribution in [0.3, 0.4) is 0 Å². The summed E-state index contributed by atoms with van der Waals surface area (Å²) in [6, 6.07) is 21.8. The number of nitrogens with zero attached hydrogens (tertiary/aromatic N) is 5. The van der Waals surface area contributed by atoms with E-state index in [1.54, 1.807) is 24.3 Å². The van der Waals surface area contributed by atoms with Gasteiger partial charge in [-0.2, -0.15) is 5.10 Å². The zero-order chi connectivity index (χ0) is 22.9. The second kappa shape index (κ2) is 10.9. The number of hydrogen-bond donors (Lipinski definition) is 1. The molecule has 0 aliphatic heterocycles. The maximum atomic E-state index is 12.1. The van der Waals surface area contributed by atoms with Crippen LogP contribution in [0.15, 0.2) is 84.2 Å². The van der Waals surface area contributed by atoms with Gasteiger partial charge in [0.15, 0.2) is 6.61 Å². The Labute approximate surface area is 194 Å². The number of tetrazole rings is 1. The first kappa shape index (κ1) is 22.0. The van der Waals surface area contributed by atoms with Gasteiger partial charge in [-0.25, -0.2) is 10.1 Å². The molecule has 33 heavy (non-hydrogen) atoms. The fraction of sp³-hybridized carbons (Fsp3) is 0.0870. The Morgan fingerprint density at radius 1 is 1.03 bits per heavy atom. The Kier molecular flexibility index (Phi) is 7.24. The lowest BCUT2D eigenvalue weighted by atomic mass is 10.2. The van der Waals surface area contributed by atoms with Crippen LogP contribution in [0.5, 0.6) is 11.5 Å². The lowest BCUT2D eigenvalue weighted by Crippen LogP contribution is -2.24. The number of para-hydroxylation sites is 1. The lowest BCUT2D eigenvalue weighted by molar-refractivity contribution is -0.123. The molecule has 0 fully saturated rings. The number of aromatic nitrogens is 4. The van der Waals surface area contributed by atoms with Crippen LogP contribution in [0.4, 0.5) is 0 Å². The Balaban J connectivity index is 1.26. The van der Waals surface area contributed by atoms with Crippen LogP contribution in [0.2, 0.25) is 5.02 Å². The zero-order valence-electron chi connectivity index (χ0n) is 17.3. The van der Waals surface area contributed by atoms with Gasteiger partial charge in [0.1, 0.15) is 24.4 Å². The van der Waals surface area contributed by atoms with Crippen molar-refractivity contribution in [2.24, 2.45) is 5.10 Å². The summed E-state index contributed by atoms with van der Waals surface area (Å²) in [5, 5.41) is 15.7. The van der Waals surface area contributed by atoms with E-state index in [4.69, 9.17) is 21.1 Å². The quantitative estimate of drug-likeness (QED) is 0.302. The van der Waals surface area contributed by atoms with Crippen LogP contribution in [0, 0.1) is 0 Å². The number of carbonyl (C=O) groups excluding carboxylic acids is 1. The van der Waals surface area contributed by atoms with Crippen molar-refractivity contribution in [2.75, 3.05) is 6.61 Å². The van der Waals surface area contributed by atoms with Crippen molar-refractivity contribution in [1.82, 2.24) is 25.6 Å². The Morgan fingerprint density at radius 2 is 1.82 bits per heavy atom. The summed E-state index contributed by atoms with van der Waals surface area (Å²) in [7, 11) is 0. The summed E-state index contributed by atoms with van der Waals surface area (Å²) in [6.07, 6.45) is 3.01. The molecule has 0 aliphatic carbocycles. The molecule has 1 amide bonds. The van der Waals surface area contributed by atoms with E-state index in [9.17, 15) is 4.79 Å². The van der Waals surface area contributed by atoms with E-state index in [1.807, 2.05) is 48.5 Å². The molecule has 1 N–H and O–H groups in total. The number of hydrazone groups is 1. The van der Waals surface area contributed by atoms with Gasteiger partial charge in [-0.15, -0.1) is 5.10 Å². The van der Waals surface area contributed by atoms with Crippen LogP contribution < -0.4 is 14.9 Å². The van der Waals surface area contributed by atoms with Gasteiger partial charge in [0.25, 0.3) is 5.91 Å². The van der Waals surface area contributed by atoms with E-state index >= 15 is 0 Å². The summed E-state index contributed by atoms with van der Waals surface area (Å²) in [5.41, 5.74) is 4.94. The number of halogens is 1. The molecule has 0 saturated heterocycles. The number of rotatable bonds is 9.